The molecular formula is C48H55F2N11O4. The van der Waals surface area contributed by atoms with Gasteiger partial charge in [-0.1, -0.05) is 0 Å². The van der Waals surface area contributed by atoms with Crippen molar-refractivity contribution in [2.75, 3.05) is 74.1 Å². The van der Waals surface area contributed by atoms with E-state index in [0.29, 0.717) is 72.4 Å². The lowest BCUT2D eigenvalue weighted by molar-refractivity contribution is -0.134. The summed E-state index contributed by atoms with van der Waals surface area (Å²) < 4.78 is 41.0. The fourth-order valence-electron chi connectivity index (χ4n) is 11.3. The number of hydrogen-bond acceptors (Lipinski definition) is 11. The molecule has 4 saturated heterocycles. The molecule has 3 atom stereocenters. The molecule has 340 valence electrons. The molecule has 8 heterocycles. The Labute approximate surface area is 376 Å². The van der Waals surface area contributed by atoms with Crippen LogP contribution in [0.2, 0.25) is 0 Å². The maximum absolute atomic E-state index is 15.3. The Balaban J connectivity index is 0.722. The summed E-state index contributed by atoms with van der Waals surface area (Å²) in [6.45, 7) is 10.5. The van der Waals surface area contributed by atoms with Gasteiger partial charge in [0.05, 0.1) is 41.0 Å². The molecule has 17 heteroatoms. The van der Waals surface area contributed by atoms with Gasteiger partial charge in [-0.2, -0.15) is 5.10 Å². The van der Waals surface area contributed by atoms with Crippen LogP contribution in [0.3, 0.4) is 0 Å². The first-order valence-electron chi connectivity index (χ1n) is 23.3. The summed E-state index contributed by atoms with van der Waals surface area (Å²) in [5.74, 6) is -1.71. The third-order valence-corrected chi connectivity index (χ3v) is 15.0. The minimum Gasteiger partial charge on any atom is -0.477 e. The number of fused-ring (bicyclic) bond motifs is 9. The van der Waals surface area contributed by atoms with Crippen LogP contribution in [0, 0.1) is 30.4 Å². The molecule has 0 radical (unpaired) electrons. The van der Waals surface area contributed by atoms with Crippen LogP contribution >= 0.6 is 0 Å². The zero-order chi connectivity index (χ0) is 44.5. The largest absolute Gasteiger partial charge is 0.477 e. The molecule has 15 nitrogen and oxygen atoms in total. The highest BCUT2D eigenvalue weighted by molar-refractivity contribution is 6.05. The van der Waals surface area contributed by atoms with Crippen LogP contribution < -0.4 is 25.2 Å². The van der Waals surface area contributed by atoms with E-state index in [2.05, 4.69) is 53.2 Å². The Morgan fingerprint density at radius 3 is 2.28 bits per heavy atom. The van der Waals surface area contributed by atoms with E-state index in [1.807, 2.05) is 18.9 Å². The molecule has 11 rings (SSSR count). The summed E-state index contributed by atoms with van der Waals surface area (Å²) in [6, 6.07) is 13.7. The van der Waals surface area contributed by atoms with Gasteiger partial charge in [0.25, 0.3) is 5.91 Å². The van der Waals surface area contributed by atoms with Crippen molar-refractivity contribution in [3.63, 3.8) is 0 Å². The third-order valence-electron chi connectivity index (χ3n) is 15.0. The average Bonchev–Trinajstić information content (AvgIpc) is 3.99. The van der Waals surface area contributed by atoms with Gasteiger partial charge in [0.1, 0.15) is 11.6 Å². The summed E-state index contributed by atoms with van der Waals surface area (Å²) in [4.78, 5) is 57.3. The number of pyridine rings is 1. The number of benzene rings is 2. The highest BCUT2D eigenvalue weighted by Crippen LogP contribution is 2.38. The number of ether oxygens (including phenoxy) is 1. The van der Waals surface area contributed by atoms with Crippen molar-refractivity contribution in [3.8, 4) is 17.1 Å². The third kappa shape index (κ3) is 8.00. The lowest BCUT2D eigenvalue weighted by Gasteiger charge is -2.52. The van der Waals surface area contributed by atoms with Gasteiger partial charge in [-0.05, 0) is 99.7 Å². The van der Waals surface area contributed by atoms with Gasteiger partial charge in [0, 0.05) is 113 Å². The van der Waals surface area contributed by atoms with Crippen LogP contribution in [0.15, 0.2) is 48.7 Å². The summed E-state index contributed by atoms with van der Waals surface area (Å²) in [5.41, 5.74) is 5.93. The number of nitrogens with zero attached hydrogens (tertiary/aromatic N) is 9. The number of amides is 3. The predicted molar refractivity (Wildman–Crippen MR) is 241 cm³/mol. The Morgan fingerprint density at radius 1 is 0.754 bits per heavy atom. The summed E-state index contributed by atoms with van der Waals surface area (Å²) in [6.07, 6.45) is 6.92. The van der Waals surface area contributed by atoms with Crippen LogP contribution in [0.25, 0.3) is 22.3 Å². The number of imide groups is 1. The number of piperazine rings is 1. The first kappa shape index (κ1) is 41.7. The van der Waals surface area contributed by atoms with Gasteiger partial charge >= 0.3 is 0 Å². The molecule has 1 saturated carbocycles. The highest BCUT2D eigenvalue weighted by Gasteiger charge is 2.39. The molecule has 1 aliphatic carbocycles. The van der Waals surface area contributed by atoms with E-state index in [0.717, 1.165) is 106 Å². The number of halogens is 2. The maximum atomic E-state index is 15.3. The van der Waals surface area contributed by atoms with Crippen molar-refractivity contribution in [1.29, 1.82) is 0 Å². The van der Waals surface area contributed by atoms with Crippen molar-refractivity contribution in [2.45, 2.75) is 76.4 Å². The van der Waals surface area contributed by atoms with E-state index in [1.165, 1.54) is 12.1 Å². The normalized spacial score (nSPS) is 23.9. The molecule has 2 aromatic carbocycles. The van der Waals surface area contributed by atoms with Gasteiger partial charge < -0.3 is 19.1 Å². The molecular weight excluding hydrogens is 833 g/mol. The lowest BCUT2D eigenvalue weighted by atomic mass is 9.89. The van der Waals surface area contributed by atoms with Crippen molar-refractivity contribution < 1.29 is 27.9 Å². The van der Waals surface area contributed by atoms with E-state index >= 15 is 8.78 Å². The van der Waals surface area contributed by atoms with E-state index < -0.39 is 29.4 Å². The van der Waals surface area contributed by atoms with Crippen LogP contribution in [0.1, 0.15) is 72.5 Å². The summed E-state index contributed by atoms with van der Waals surface area (Å²) in [7, 11) is 1.87. The zero-order valence-corrected chi connectivity index (χ0v) is 36.9. The number of carbonyl (C=O) groups is 3. The van der Waals surface area contributed by atoms with Gasteiger partial charge in [-0.3, -0.25) is 39.8 Å². The molecule has 3 amide bonds. The molecule has 6 aliphatic rings. The molecule has 4 bridgehead atoms. The second-order valence-electron chi connectivity index (χ2n) is 19.1. The first-order chi connectivity index (χ1) is 31.5. The molecule has 65 heavy (non-hydrogen) atoms. The van der Waals surface area contributed by atoms with Crippen molar-refractivity contribution in [3.05, 3.63) is 77.1 Å². The fourth-order valence-corrected chi connectivity index (χ4v) is 11.3. The number of aromatic nitrogens is 5. The number of nitrogens with one attached hydrogen (secondary N) is 2. The summed E-state index contributed by atoms with van der Waals surface area (Å²) in [5, 5.41) is 9.86. The van der Waals surface area contributed by atoms with E-state index in [4.69, 9.17) is 14.7 Å². The quantitative estimate of drug-likeness (QED) is 0.217. The molecule has 0 spiro atoms. The number of piperidine rings is 2. The SMILES string of the molecule is Cc1cc2cc(n1)-c1cnn(C)c1OC[C@H]1CC[C@H](C1)Cn1c(nc3ccc(N4CCN(C5CN(C6CCN(c7cc(F)c([C@H]8CCC(=O)NC8=O)c(F)c7)CC6)C5)CC4)cc31)NC2=O. The van der Waals surface area contributed by atoms with Crippen LogP contribution in [-0.4, -0.2) is 123 Å². The van der Waals surface area contributed by atoms with Crippen molar-refractivity contribution >= 4 is 46.1 Å². The molecule has 5 aromatic rings. The highest BCUT2D eigenvalue weighted by atomic mass is 19.1. The number of likely N-dealkylation sites (tertiary alicyclic amines) is 1. The van der Waals surface area contributed by atoms with Crippen LogP contribution in [0.5, 0.6) is 5.88 Å². The maximum Gasteiger partial charge on any atom is 0.258 e. The van der Waals surface area contributed by atoms with E-state index in [-0.39, 0.29) is 24.3 Å². The van der Waals surface area contributed by atoms with Gasteiger partial charge in [0.15, 0.2) is 0 Å². The second-order valence-corrected chi connectivity index (χ2v) is 19.1. The number of aryl methyl sites for hydroxylation is 2. The second kappa shape index (κ2) is 16.8. The molecule has 0 unspecified atom stereocenters. The Hall–Kier alpha value is -5.94. The van der Waals surface area contributed by atoms with Crippen LogP contribution in [-0.2, 0) is 23.2 Å². The predicted octanol–water partition coefficient (Wildman–Crippen LogP) is 5.47. The Kier molecular flexibility index (Phi) is 10.8. The average molecular weight is 888 g/mol. The minimum absolute atomic E-state index is 0.0662. The lowest BCUT2D eigenvalue weighted by Crippen LogP contribution is -2.66. The number of anilines is 3. The first-order valence-corrected chi connectivity index (χ1v) is 23.3. The topological polar surface area (TPSA) is 146 Å². The molecule has 3 aromatic heterocycles. The van der Waals surface area contributed by atoms with Gasteiger partial charge in [0.2, 0.25) is 23.6 Å². The standard InChI is InChI=1S/C48H55F2N11O4/c1-28-17-31-19-41(52-28)37-23-51-56(2)47(37)65-27-30-4-3-29(18-30)24-61-42-22-33(5-7-40(42)53-48(61)55-45(31)63)58-13-15-59(16-14-58)35-25-60(26-35)32-9-11-57(12-10-32)34-20-38(49)44(39(50)21-34)36-6-8-43(62)54-46(36)64/h5,7,17,19-23,29-30,32,35-36H,3-4,6,8-16,18,24-27H2,1-2H3,(H,53,55,63)(H,54,62,64)/t29-,30+,36-/m1/s1. The van der Waals surface area contributed by atoms with Crippen LogP contribution in [0.4, 0.5) is 26.1 Å². The Morgan fingerprint density at radius 2 is 1.51 bits per heavy atom. The van der Waals surface area contributed by atoms with Crippen molar-refractivity contribution in [1.82, 2.24) is 39.4 Å². The van der Waals surface area contributed by atoms with Gasteiger partial charge in [-0.25, -0.2) is 18.4 Å². The number of imidazole rings is 1. The summed E-state index contributed by atoms with van der Waals surface area (Å²) >= 11 is 0. The van der Waals surface area contributed by atoms with Crippen molar-refractivity contribution in [2.24, 2.45) is 18.9 Å². The van der Waals surface area contributed by atoms with Gasteiger partial charge in [-0.15, -0.1) is 0 Å². The molecule has 5 fully saturated rings. The van der Waals surface area contributed by atoms with E-state index in [1.54, 1.807) is 23.0 Å². The Bertz CT molecular complexity index is 2660. The fraction of sp³-hybridized carbons (Fsp3) is 0.500. The van der Waals surface area contributed by atoms with E-state index in [9.17, 15) is 14.4 Å². The smallest absolute Gasteiger partial charge is 0.258 e. The minimum atomic E-state index is -0.999. The number of rotatable bonds is 5. The molecule has 5 aliphatic heterocycles. The monoisotopic (exact) mass is 887 g/mol. The number of hydrogen-bond donors (Lipinski definition) is 2. The zero-order valence-electron chi connectivity index (χ0n) is 36.9. The number of carbonyl (C=O) groups excluding carboxylic acids is 3. The molecule has 2 N–H and O–H groups in total.